The summed E-state index contributed by atoms with van der Waals surface area (Å²) in [5.74, 6) is 1.03. The summed E-state index contributed by atoms with van der Waals surface area (Å²) in [7, 11) is 1.92. The summed E-state index contributed by atoms with van der Waals surface area (Å²) in [6, 6.07) is 6.94. The summed E-state index contributed by atoms with van der Waals surface area (Å²) in [6.07, 6.45) is 7.49. The maximum atomic E-state index is 14.4. The van der Waals surface area contributed by atoms with E-state index in [-0.39, 0.29) is 12.4 Å². The number of pyridine rings is 1. The number of fused-ring (bicyclic) bond motifs is 2. The van der Waals surface area contributed by atoms with Gasteiger partial charge in [-0.2, -0.15) is 0 Å². The second-order valence-corrected chi connectivity index (χ2v) is 6.72. The van der Waals surface area contributed by atoms with E-state index < -0.39 is 0 Å². The van der Waals surface area contributed by atoms with Crippen LogP contribution in [0.4, 0.5) is 21.7 Å². The third-order valence-electron chi connectivity index (χ3n) is 5.07. The highest BCUT2D eigenvalue weighted by Crippen LogP contribution is 2.31. The maximum absolute atomic E-state index is 14.4. The van der Waals surface area contributed by atoms with Gasteiger partial charge in [-0.15, -0.1) is 10.2 Å². The lowest BCUT2D eigenvalue weighted by atomic mass is 10.0. The number of benzene rings is 1. The van der Waals surface area contributed by atoms with Gasteiger partial charge in [0.2, 0.25) is 5.95 Å². The molecule has 146 valence electrons. The summed E-state index contributed by atoms with van der Waals surface area (Å²) >= 11 is 0. The molecule has 3 aromatic heterocycles. The molecular weight excluding hydrogens is 373 g/mol. The molecule has 1 aliphatic rings. The van der Waals surface area contributed by atoms with Crippen LogP contribution < -0.4 is 15.0 Å². The second-order valence-electron chi connectivity index (χ2n) is 6.72. The van der Waals surface area contributed by atoms with Crippen molar-refractivity contribution in [2.75, 3.05) is 23.9 Å². The average Bonchev–Trinajstić information content (AvgIpc) is 3.43. The minimum atomic E-state index is -0.255. The standard InChI is InChI=1S/C20H18FN7O/c1-27(13-3-2-7-22-9-13)17-11-24-20(28-12-25-26-19(17)28)23-10-15-14-6-8-29-18(14)5-4-16(15)21/h2-5,7,9,11-12H,6,8,10H2,1H3,(H,23,24). The molecule has 0 fully saturated rings. The van der Waals surface area contributed by atoms with Crippen LogP contribution in [0.5, 0.6) is 5.75 Å². The van der Waals surface area contributed by atoms with Crippen molar-refractivity contribution in [3.8, 4) is 5.75 Å². The highest BCUT2D eigenvalue weighted by molar-refractivity contribution is 5.75. The molecule has 0 bridgehead atoms. The number of hydrogen-bond donors (Lipinski definition) is 1. The third kappa shape index (κ3) is 3.00. The monoisotopic (exact) mass is 391 g/mol. The highest BCUT2D eigenvalue weighted by Gasteiger charge is 2.20. The molecule has 29 heavy (non-hydrogen) atoms. The Morgan fingerprint density at radius 3 is 3.07 bits per heavy atom. The van der Waals surface area contributed by atoms with Gasteiger partial charge in [0.15, 0.2) is 5.65 Å². The van der Waals surface area contributed by atoms with Gasteiger partial charge in [-0.3, -0.25) is 4.98 Å². The number of ether oxygens (including phenoxy) is 1. The van der Waals surface area contributed by atoms with Crippen LogP contribution in [0.15, 0.2) is 49.2 Å². The number of rotatable bonds is 5. The first-order chi connectivity index (χ1) is 14.2. The maximum Gasteiger partial charge on any atom is 0.210 e. The molecule has 9 heteroatoms. The largest absolute Gasteiger partial charge is 0.493 e. The predicted molar refractivity (Wildman–Crippen MR) is 106 cm³/mol. The average molecular weight is 391 g/mol. The molecule has 1 N–H and O–H groups in total. The van der Waals surface area contributed by atoms with E-state index in [0.29, 0.717) is 30.2 Å². The van der Waals surface area contributed by atoms with E-state index in [2.05, 4.69) is 25.5 Å². The van der Waals surface area contributed by atoms with E-state index in [1.54, 1.807) is 35.4 Å². The van der Waals surface area contributed by atoms with E-state index in [9.17, 15) is 4.39 Å². The lowest BCUT2D eigenvalue weighted by Gasteiger charge is -2.19. The Balaban J connectivity index is 1.46. The number of hydrogen-bond acceptors (Lipinski definition) is 7. The van der Waals surface area contributed by atoms with Crippen molar-refractivity contribution in [3.63, 3.8) is 0 Å². The Morgan fingerprint density at radius 2 is 2.21 bits per heavy atom. The first-order valence-electron chi connectivity index (χ1n) is 9.22. The lowest BCUT2D eigenvalue weighted by molar-refractivity contribution is 0.356. The quantitative estimate of drug-likeness (QED) is 0.560. The fourth-order valence-corrected chi connectivity index (χ4v) is 3.54. The van der Waals surface area contributed by atoms with Gasteiger partial charge in [-0.25, -0.2) is 13.8 Å². The Kier molecular flexibility index (Phi) is 4.19. The Labute approximate surface area is 166 Å². The van der Waals surface area contributed by atoms with Crippen molar-refractivity contribution in [2.24, 2.45) is 0 Å². The summed E-state index contributed by atoms with van der Waals surface area (Å²) in [4.78, 5) is 10.6. The van der Waals surface area contributed by atoms with Crippen molar-refractivity contribution in [1.82, 2.24) is 24.6 Å². The van der Waals surface area contributed by atoms with Crippen molar-refractivity contribution in [3.05, 3.63) is 66.1 Å². The number of nitrogens with zero attached hydrogens (tertiary/aromatic N) is 6. The van der Waals surface area contributed by atoms with Gasteiger partial charge in [0.05, 0.1) is 24.7 Å². The molecule has 1 aliphatic heterocycles. The molecule has 0 amide bonds. The number of aromatic nitrogens is 5. The molecule has 4 aromatic rings. The number of nitrogens with one attached hydrogen (secondary N) is 1. The molecule has 0 unspecified atom stereocenters. The molecule has 0 saturated carbocycles. The fourth-order valence-electron chi connectivity index (χ4n) is 3.54. The first-order valence-corrected chi connectivity index (χ1v) is 9.22. The SMILES string of the molecule is CN(c1cccnc1)c1cnc(NCc2c(F)ccc3c2CCO3)n2cnnc12. The predicted octanol–water partition coefficient (Wildman–Crippen LogP) is 2.97. The van der Waals surface area contributed by atoms with Gasteiger partial charge < -0.3 is 15.0 Å². The van der Waals surface area contributed by atoms with Gasteiger partial charge in [-0.1, -0.05) is 0 Å². The van der Waals surface area contributed by atoms with E-state index in [1.165, 1.54) is 6.07 Å². The van der Waals surface area contributed by atoms with Crippen LogP contribution in [0, 0.1) is 5.82 Å². The molecule has 0 saturated heterocycles. The molecule has 4 heterocycles. The highest BCUT2D eigenvalue weighted by atomic mass is 19.1. The molecule has 8 nitrogen and oxygen atoms in total. The van der Waals surface area contributed by atoms with Crippen LogP contribution in [-0.2, 0) is 13.0 Å². The van der Waals surface area contributed by atoms with Crippen molar-refractivity contribution in [1.29, 1.82) is 0 Å². The zero-order valence-corrected chi connectivity index (χ0v) is 15.7. The number of anilines is 3. The first kappa shape index (κ1) is 17.4. The Hall–Kier alpha value is -3.75. The third-order valence-corrected chi connectivity index (χ3v) is 5.07. The molecule has 0 aliphatic carbocycles. The normalized spacial score (nSPS) is 12.6. The van der Waals surface area contributed by atoms with Gasteiger partial charge in [0.25, 0.3) is 0 Å². The topological polar surface area (TPSA) is 80.5 Å². The molecule has 0 spiro atoms. The summed E-state index contributed by atoms with van der Waals surface area (Å²) in [5.41, 5.74) is 3.82. The van der Waals surface area contributed by atoms with Crippen LogP contribution in [0.25, 0.3) is 5.65 Å². The van der Waals surface area contributed by atoms with Crippen LogP contribution in [0.2, 0.25) is 0 Å². The summed E-state index contributed by atoms with van der Waals surface area (Å²) in [5, 5.41) is 11.5. The van der Waals surface area contributed by atoms with Gasteiger partial charge in [0, 0.05) is 37.3 Å². The minimum Gasteiger partial charge on any atom is -0.493 e. The molecule has 1 aromatic carbocycles. The van der Waals surface area contributed by atoms with Gasteiger partial charge in [-0.05, 0) is 24.3 Å². The van der Waals surface area contributed by atoms with E-state index in [1.807, 2.05) is 24.1 Å². The van der Waals surface area contributed by atoms with Crippen molar-refractivity contribution in [2.45, 2.75) is 13.0 Å². The van der Waals surface area contributed by atoms with E-state index >= 15 is 0 Å². The fraction of sp³-hybridized carbons (Fsp3) is 0.200. The van der Waals surface area contributed by atoms with Crippen LogP contribution in [-0.4, -0.2) is 38.2 Å². The second kappa shape index (κ2) is 7.01. The Bertz CT molecular complexity index is 1180. The Morgan fingerprint density at radius 1 is 1.28 bits per heavy atom. The zero-order valence-electron chi connectivity index (χ0n) is 15.7. The van der Waals surface area contributed by atoms with Gasteiger partial charge >= 0.3 is 0 Å². The van der Waals surface area contributed by atoms with E-state index in [0.717, 1.165) is 22.7 Å². The van der Waals surface area contributed by atoms with Gasteiger partial charge in [0.1, 0.15) is 23.6 Å². The zero-order chi connectivity index (χ0) is 19.8. The molecular formula is C20H18FN7O. The summed E-state index contributed by atoms with van der Waals surface area (Å²) in [6.45, 7) is 0.867. The number of halogens is 1. The molecule has 5 rings (SSSR count). The molecule has 0 radical (unpaired) electrons. The lowest BCUT2D eigenvalue weighted by Crippen LogP contribution is -2.14. The van der Waals surface area contributed by atoms with Crippen LogP contribution in [0.1, 0.15) is 11.1 Å². The van der Waals surface area contributed by atoms with Crippen LogP contribution >= 0.6 is 0 Å². The van der Waals surface area contributed by atoms with Crippen LogP contribution in [0.3, 0.4) is 0 Å². The van der Waals surface area contributed by atoms with E-state index in [4.69, 9.17) is 4.74 Å². The summed E-state index contributed by atoms with van der Waals surface area (Å²) < 4.78 is 21.7. The van der Waals surface area contributed by atoms with Crippen molar-refractivity contribution < 1.29 is 9.13 Å². The minimum absolute atomic E-state index is 0.255. The molecule has 0 atom stereocenters. The smallest absolute Gasteiger partial charge is 0.210 e. The van der Waals surface area contributed by atoms with Crippen molar-refractivity contribution >= 4 is 23.0 Å².